The maximum atomic E-state index is 2.52. The molecule has 4 heteroatoms. The molecule has 58 heavy (non-hydrogen) atoms. The van der Waals surface area contributed by atoms with E-state index < -0.39 is 0 Å². The van der Waals surface area contributed by atoms with Crippen LogP contribution in [0.25, 0.3) is 0 Å². The second-order valence-electron chi connectivity index (χ2n) is 18.7. The third-order valence-corrected chi connectivity index (χ3v) is 14.5. The highest BCUT2D eigenvalue weighted by Gasteiger charge is 2.12. The van der Waals surface area contributed by atoms with Crippen molar-refractivity contribution in [2.45, 2.75) is 256 Å². The first kappa shape index (κ1) is 59.9. The average molecular weight is 822 g/mol. The average Bonchev–Trinajstić information content (AvgIpc) is 3.32. The van der Waals surface area contributed by atoms with Crippen LogP contribution in [0.15, 0.2) is 0 Å². The lowest BCUT2D eigenvalue weighted by atomic mass is 9.88. The molecule has 7 fully saturated rings. The summed E-state index contributed by atoms with van der Waals surface area (Å²) >= 11 is 0. The van der Waals surface area contributed by atoms with Crippen molar-refractivity contribution in [1.82, 2.24) is 19.6 Å². The molecule has 4 heterocycles. The molecule has 0 aromatic rings. The molecule has 0 radical (unpaired) electrons. The molecule has 0 N–H and O–H groups in total. The van der Waals surface area contributed by atoms with E-state index in [1.807, 2.05) is 0 Å². The van der Waals surface area contributed by atoms with Gasteiger partial charge in [-0.2, -0.15) is 0 Å². The molecule has 0 atom stereocenters. The zero-order chi connectivity index (χ0) is 40.7. The molecule has 4 nitrogen and oxygen atoms in total. The summed E-state index contributed by atoms with van der Waals surface area (Å²) in [5, 5.41) is 0. The Kier molecular flexibility index (Phi) is 46.4. The minimum absolute atomic E-state index is 0. The van der Waals surface area contributed by atoms with E-state index in [1.165, 1.54) is 271 Å². The van der Waals surface area contributed by atoms with E-state index >= 15 is 0 Å². The largest absolute Gasteiger partial charge is 0.304 e. The minimum Gasteiger partial charge on any atom is -0.304 e. The second kappa shape index (κ2) is 44.9. The highest BCUT2D eigenvalue weighted by atomic mass is 15.1. The predicted molar refractivity (Wildman–Crippen MR) is 268 cm³/mol. The first-order valence-electron chi connectivity index (χ1n) is 26.4. The maximum Gasteiger partial charge on any atom is -0.00188 e. The lowest BCUT2D eigenvalue weighted by molar-refractivity contribution is 0.240. The monoisotopic (exact) mass is 821 g/mol. The van der Waals surface area contributed by atoms with Crippen LogP contribution in [0, 0.1) is 17.8 Å². The number of hydrogen-bond acceptors (Lipinski definition) is 4. The number of piperidine rings is 4. The number of rotatable bonds is 7. The van der Waals surface area contributed by atoms with Gasteiger partial charge < -0.3 is 19.6 Å². The summed E-state index contributed by atoms with van der Waals surface area (Å²) in [5.74, 6) is 3.26. The summed E-state index contributed by atoms with van der Waals surface area (Å²) in [5.41, 5.74) is 0. The van der Waals surface area contributed by atoms with Gasteiger partial charge in [-0.15, -0.1) is 0 Å². The van der Waals surface area contributed by atoms with Crippen LogP contribution in [-0.2, 0) is 0 Å². The van der Waals surface area contributed by atoms with Crippen LogP contribution >= 0.6 is 0 Å². The van der Waals surface area contributed by atoms with Gasteiger partial charge in [-0.05, 0) is 148 Å². The van der Waals surface area contributed by atoms with Crippen molar-refractivity contribution in [3.8, 4) is 0 Å². The summed E-state index contributed by atoms with van der Waals surface area (Å²) < 4.78 is 0. The van der Waals surface area contributed by atoms with Crippen molar-refractivity contribution < 1.29 is 0 Å². The molecule has 0 amide bonds. The Morgan fingerprint density at radius 2 is 0.397 bits per heavy atom. The van der Waals surface area contributed by atoms with Crippen LogP contribution in [0.1, 0.15) is 256 Å². The summed E-state index contributed by atoms with van der Waals surface area (Å²) in [7, 11) is 0. The van der Waals surface area contributed by atoms with Gasteiger partial charge in [-0.1, -0.05) is 205 Å². The summed E-state index contributed by atoms with van der Waals surface area (Å²) in [6, 6.07) is 0. The fraction of sp³-hybridized carbons (Fsp3) is 1.00. The Balaban J connectivity index is 0. The van der Waals surface area contributed by atoms with Gasteiger partial charge in [0.25, 0.3) is 0 Å². The minimum atomic E-state index is 0. The molecule has 3 aliphatic carbocycles. The van der Waals surface area contributed by atoms with E-state index in [4.69, 9.17) is 0 Å². The highest BCUT2D eigenvalue weighted by molar-refractivity contribution is 4.66. The molecular formula is C54H116N4. The van der Waals surface area contributed by atoms with Crippen molar-refractivity contribution in [3.05, 3.63) is 0 Å². The van der Waals surface area contributed by atoms with Gasteiger partial charge in [0, 0.05) is 0 Å². The molecule has 0 aromatic heterocycles. The molecule has 0 unspecified atom stereocenters. The zero-order valence-corrected chi connectivity index (χ0v) is 40.2. The molecule has 0 aromatic carbocycles. The number of nitrogens with zero attached hydrogens (tertiary/aromatic N) is 4. The third kappa shape index (κ3) is 34.4. The Morgan fingerprint density at radius 3 is 0.500 bits per heavy atom. The topological polar surface area (TPSA) is 13.0 Å². The molecule has 0 bridgehead atoms. The van der Waals surface area contributed by atoms with Gasteiger partial charge >= 0.3 is 0 Å². The van der Waals surface area contributed by atoms with Crippen molar-refractivity contribution in [2.24, 2.45) is 17.8 Å². The van der Waals surface area contributed by atoms with Crippen molar-refractivity contribution >= 4 is 0 Å². The van der Waals surface area contributed by atoms with Crippen LogP contribution in [0.3, 0.4) is 0 Å². The van der Waals surface area contributed by atoms with Gasteiger partial charge in [-0.25, -0.2) is 0 Å². The van der Waals surface area contributed by atoms with Crippen LogP contribution in [0.2, 0.25) is 0 Å². The smallest absolute Gasteiger partial charge is 0.00188 e. The number of hydrogen-bond donors (Lipinski definition) is 0. The van der Waals surface area contributed by atoms with Gasteiger partial charge in [-0.3, -0.25) is 0 Å². The first-order valence-corrected chi connectivity index (χ1v) is 26.4. The van der Waals surface area contributed by atoms with E-state index in [1.54, 1.807) is 0 Å². The zero-order valence-electron chi connectivity index (χ0n) is 40.2. The maximum absolute atomic E-state index is 2.52. The molecule has 3 saturated carbocycles. The van der Waals surface area contributed by atoms with Crippen molar-refractivity contribution in [3.63, 3.8) is 0 Å². The van der Waals surface area contributed by atoms with E-state index in [0.29, 0.717) is 0 Å². The lowest BCUT2D eigenvalue weighted by Gasteiger charge is -2.24. The predicted octanol–water partition coefficient (Wildman–Crippen LogP) is 16.2. The molecule has 0 spiro atoms. The van der Waals surface area contributed by atoms with Crippen molar-refractivity contribution in [2.75, 3.05) is 78.5 Å². The number of likely N-dealkylation sites (tertiary alicyclic amines) is 4. The standard InChI is InChI=1S/3C8H16.4C7H15N.2CH4/c7*1-2-8-6-4-3-5-7-8;;/h3*8H,2-7H2,1H3;4*2-7H2,1H3;2*1H4. The fourth-order valence-corrected chi connectivity index (χ4v) is 9.89. The van der Waals surface area contributed by atoms with Crippen LogP contribution in [-0.4, -0.2) is 98.1 Å². The second-order valence-corrected chi connectivity index (χ2v) is 18.7. The van der Waals surface area contributed by atoms with Gasteiger partial charge in [0.15, 0.2) is 0 Å². The fourth-order valence-electron chi connectivity index (χ4n) is 9.89. The Hall–Kier alpha value is -0.160. The molecule has 7 aliphatic rings. The highest BCUT2D eigenvalue weighted by Crippen LogP contribution is 2.27. The van der Waals surface area contributed by atoms with E-state index in [2.05, 4.69) is 68.1 Å². The Morgan fingerprint density at radius 1 is 0.241 bits per heavy atom. The molecule has 7 rings (SSSR count). The van der Waals surface area contributed by atoms with E-state index in [0.717, 1.165) is 17.8 Å². The summed E-state index contributed by atoms with van der Waals surface area (Å²) in [4.78, 5) is 10.1. The Labute approximate surface area is 370 Å². The van der Waals surface area contributed by atoms with Gasteiger partial charge in [0.05, 0.1) is 0 Å². The Bertz CT molecular complexity index is 555. The molecule has 352 valence electrons. The summed E-state index contributed by atoms with van der Waals surface area (Å²) in [6.45, 7) is 31.7. The normalized spacial score (nSPS) is 22.8. The third-order valence-electron chi connectivity index (χ3n) is 14.5. The molecule has 4 saturated heterocycles. The molecule has 4 aliphatic heterocycles. The van der Waals surface area contributed by atoms with E-state index in [-0.39, 0.29) is 14.9 Å². The molecular weight excluding hydrogens is 705 g/mol. The van der Waals surface area contributed by atoms with Crippen molar-refractivity contribution in [1.29, 1.82) is 0 Å². The van der Waals surface area contributed by atoms with Crippen LogP contribution < -0.4 is 0 Å². The van der Waals surface area contributed by atoms with E-state index in [9.17, 15) is 0 Å². The quantitative estimate of drug-likeness (QED) is 0.254. The first-order chi connectivity index (χ1) is 27.5. The summed E-state index contributed by atoms with van der Waals surface area (Å²) in [6.07, 6.45) is 44.0. The lowest BCUT2D eigenvalue weighted by Crippen LogP contribution is -2.29. The van der Waals surface area contributed by atoms with Crippen LogP contribution in [0.5, 0.6) is 0 Å². The SMILES string of the molecule is C.C.CCC1CCCCC1.CCC1CCCCC1.CCC1CCCCC1.CCN1CCCCC1.CCN1CCCCC1.CCN1CCCCC1.CCN1CCCCC1. The van der Waals surface area contributed by atoms with Crippen LogP contribution in [0.4, 0.5) is 0 Å². The van der Waals surface area contributed by atoms with Gasteiger partial charge in [0.2, 0.25) is 0 Å². The van der Waals surface area contributed by atoms with Gasteiger partial charge in [0.1, 0.15) is 0 Å².